The number of hydrogen-bond acceptors (Lipinski definition) is 1. The summed E-state index contributed by atoms with van der Waals surface area (Å²) in [6.07, 6.45) is 8.00. The zero-order valence-electron chi connectivity index (χ0n) is 15.2. The molecule has 2 rings (SSSR count). The average molecular weight is 357 g/mol. The molecule has 0 radical (unpaired) electrons. The minimum Gasteiger partial charge on any atom is -0.378 e. The van der Waals surface area contributed by atoms with Crippen LogP contribution >= 0.6 is 11.6 Å². The van der Waals surface area contributed by atoms with E-state index in [0.717, 1.165) is 37.1 Å². The molecule has 0 N–H and O–H groups in total. The second-order valence-corrected chi connectivity index (χ2v) is 6.81. The Morgan fingerprint density at radius 2 is 2.08 bits per heavy atom. The number of hydrogen-bond donors (Lipinski definition) is 0. The van der Waals surface area contributed by atoms with Crippen LogP contribution in [0.4, 0.5) is 0 Å². The van der Waals surface area contributed by atoms with E-state index >= 15 is 0 Å². The van der Waals surface area contributed by atoms with Gasteiger partial charge in [0.2, 0.25) is 0 Å². The van der Waals surface area contributed by atoms with Crippen molar-refractivity contribution in [3.63, 3.8) is 0 Å². The monoisotopic (exact) mass is 356 g/mol. The van der Waals surface area contributed by atoms with Crippen LogP contribution in [0.5, 0.6) is 0 Å². The van der Waals surface area contributed by atoms with Crippen molar-refractivity contribution >= 4 is 23.0 Å². The minimum atomic E-state index is 0.302. The second kappa shape index (κ2) is 9.58. The Balaban J connectivity index is 2.03. The number of halogens is 1. The summed E-state index contributed by atoms with van der Waals surface area (Å²) < 4.78 is 7.84. The SMILES string of the molecule is C=C=[N+](Cc1ccc(C(=C)C=CC(Cl)=CC)cc1)C1CCOC(C)C1. The molecule has 0 spiro atoms. The van der Waals surface area contributed by atoms with Crippen molar-refractivity contribution in [2.45, 2.75) is 45.4 Å². The summed E-state index contributed by atoms with van der Waals surface area (Å²) in [4.78, 5) is 0. The first-order valence-corrected chi connectivity index (χ1v) is 9.10. The molecule has 2 unspecified atom stereocenters. The molecule has 25 heavy (non-hydrogen) atoms. The molecule has 1 fully saturated rings. The molecule has 132 valence electrons. The summed E-state index contributed by atoms with van der Waals surface area (Å²) in [6.45, 7) is 13.6. The maximum Gasteiger partial charge on any atom is 0.177 e. The summed E-state index contributed by atoms with van der Waals surface area (Å²) in [6, 6.07) is 8.91. The van der Waals surface area contributed by atoms with Crippen LogP contribution in [0.1, 0.15) is 37.8 Å². The quantitative estimate of drug-likeness (QED) is 0.381. The zero-order valence-corrected chi connectivity index (χ0v) is 15.9. The van der Waals surface area contributed by atoms with Gasteiger partial charge in [0.1, 0.15) is 0 Å². The van der Waals surface area contributed by atoms with Crippen molar-refractivity contribution in [1.29, 1.82) is 0 Å². The third-order valence-electron chi connectivity index (χ3n) is 4.50. The van der Waals surface area contributed by atoms with Crippen molar-refractivity contribution in [2.24, 2.45) is 0 Å². The first-order valence-electron chi connectivity index (χ1n) is 8.72. The summed E-state index contributed by atoms with van der Waals surface area (Å²) in [5.74, 6) is 3.10. The Hall–Kier alpha value is -1.86. The van der Waals surface area contributed by atoms with Crippen LogP contribution in [-0.2, 0) is 11.3 Å². The highest BCUT2D eigenvalue weighted by Gasteiger charge is 2.27. The first kappa shape index (κ1) is 19.5. The third-order valence-corrected chi connectivity index (χ3v) is 4.84. The smallest absolute Gasteiger partial charge is 0.177 e. The lowest BCUT2D eigenvalue weighted by atomic mass is 10.0. The van der Waals surface area contributed by atoms with Crippen molar-refractivity contribution in [3.8, 4) is 0 Å². The molecule has 1 heterocycles. The van der Waals surface area contributed by atoms with E-state index in [2.05, 4.69) is 54.8 Å². The van der Waals surface area contributed by atoms with Crippen LogP contribution < -0.4 is 0 Å². The predicted molar refractivity (Wildman–Crippen MR) is 107 cm³/mol. The maximum absolute atomic E-state index is 5.99. The van der Waals surface area contributed by atoms with Crippen LogP contribution in [0.15, 0.2) is 60.7 Å². The van der Waals surface area contributed by atoms with E-state index < -0.39 is 0 Å². The number of allylic oxidation sites excluding steroid dienone is 5. The fourth-order valence-corrected chi connectivity index (χ4v) is 3.03. The number of benzene rings is 1. The summed E-state index contributed by atoms with van der Waals surface area (Å²) in [5.41, 5.74) is 3.27. The van der Waals surface area contributed by atoms with Gasteiger partial charge >= 0.3 is 0 Å². The Morgan fingerprint density at radius 1 is 1.36 bits per heavy atom. The second-order valence-electron chi connectivity index (χ2n) is 6.37. The van der Waals surface area contributed by atoms with Gasteiger partial charge in [0, 0.05) is 30.0 Å². The summed E-state index contributed by atoms with van der Waals surface area (Å²) in [7, 11) is 0. The van der Waals surface area contributed by atoms with Gasteiger partial charge < -0.3 is 4.74 Å². The van der Waals surface area contributed by atoms with E-state index in [0.29, 0.717) is 17.2 Å². The van der Waals surface area contributed by atoms with Gasteiger partial charge in [-0.15, -0.1) is 0 Å². The van der Waals surface area contributed by atoms with Gasteiger partial charge in [-0.3, -0.25) is 0 Å². The van der Waals surface area contributed by atoms with E-state index in [1.54, 1.807) is 0 Å². The molecule has 0 saturated carbocycles. The molecule has 1 aromatic carbocycles. The summed E-state index contributed by atoms with van der Waals surface area (Å²) >= 11 is 5.99. The maximum atomic E-state index is 5.99. The standard InChI is InChI=1S/C22H27ClNO/c1-5-21(23)12-7-17(3)20-10-8-19(9-11-20)16-24(6-2)22-13-14-25-18(4)15-22/h5,7-12,18,22H,2-3,13-16H2,1,4H3/q+1. The van der Waals surface area contributed by atoms with Crippen molar-refractivity contribution in [2.75, 3.05) is 6.61 Å². The highest BCUT2D eigenvalue weighted by Crippen LogP contribution is 2.20. The van der Waals surface area contributed by atoms with E-state index in [1.807, 2.05) is 25.2 Å². The molecule has 0 amide bonds. The van der Waals surface area contributed by atoms with E-state index in [4.69, 9.17) is 16.3 Å². The minimum absolute atomic E-state index is 0.302. The highest BCUT2D eigenvalue weighted by molar-refractivity contribution is 6.31. The fourth-order valence-electron chi connectivity index (χ4n) is 2.97. The van der Waals surface area contributed by atoms with Crippen LogP contribution in [0.25, 0.3) is 5.57 Å². The van der Waals surface area contributed by atoms with Crippen LogP contribution in [0.2, 0.25) is 0 Å². The van der Waals surface area contributed by atoms with Crippen molar-refractivity contribution in [3.05, 3.63) is 71.8 Å². The molecular formula is C22H27ClNO+. The molecule has 1 aliphatic rings. The fraction of sp³-hybridized carbons (Fsp3) is 0.364. The number of nitrogens with zero attached hydrogens (tertiary/aromatic N) is 1. The van der Waals surface area contributed by atoms with Gasteiger partial charge in [-0.2, -0.15) is 4.58 Å². The Morgan fingerprint density at radius 3 is 2.68 bits per heavy atom. The lowest BCUT2D eigenvalue weighted by molar-refractivity contribution is -0.581. The topological polar surface area (TPSA) is 12.2 Å². The van der Waals surface area contributed by atoms with Crippen LogP contribution in [0, 0.1) is 0 Å². The van der Waals surface area contributed by atoms with Crippen LogP contribution in [0.3, 0.4) is 0 Å². The van der Waals surface area contributed by atoms with Gasteiger partial charge in [0.05, 0.1) is 12.7 Å². The lowest BCUT2D eigenvalue weighted by Crippen LogP contribution is -2.35. The van der Waals surface area contributed by atoms with Gasteiger partial charge in [0.25, 0.3) is 0 Å². The molecule has 1 saturated heterocycles. The molecule has 1 aromatic rings. The van der Waals surface area contributed by atoms with Gasteiger partial charge in [0.15, 0.2) is 18.5 Å². The molecule has 2 atom stereocenters. The third kappa shape index (κ3) is 5.86. The van der Waals surface area contributed by atoms with Gasteiger partial charge in [-0.05, 0) is 31.1 Å². The number of rotatable bonds is 6. The highest BCUT2D eigenvalue weighted by atomic mass is 35.5. The lowest BCUT2D eigenvalue weighted by Gasteiger charge is -2.24. The molecule has 3 heteroatoms. The predicted octanol–water partition coefficient (Wildman–Crippen LogP) is 5.33. The molecule has 1 aliphatic heterocycles. The average Bonchev–Trinajstić information content (AvgIpc) is 2.64. The molecule has 2 nitrogen and oxygen atoms in total. The van der Waals surface area contributed by atoms with Crippen molar-refractivity contribution in [1.82, 2.24) is 0 Å². The normalized spacial score (nSPS) is 21.2. The van der Waals surface area contributed by atoms with Gasteiger partial charge in [-0.25, -0.2) is 0 Å². The molecular weight excluding hydrogens is 330 g/mol. The molecule has 0 aromatic heterocycles. The Kier molecular flexibility index (Phi) is 7.46. The van der Waals surface area contributed by atoms with Gasteiger partial charge in [-0.1, -0.05) is 54.6 Å². The Labute approximate surface area is 156 Å². The van der Waals surface area contributed by atoms with Crippen LogP contribution in [-0.4, -0.2) is 29.2 Å². The van der Waals surface area contributed by atoms with E-state index in [9.17, 15) is 0 Å². The van der Waals surface area contributed by atoms with E-state index in [1.165, 1.54) is 5.56 Å². The molecule has 0 aliphatic carbocycles. The Bertz CT molecular complexity index is 708. The van der Waals surface area contributed by atoms with Crippen molar-refractivity contribution < 1.29 is 9.31 Å². The first-order chi connectivity index (χ1) is 12.0. The zero-order chi connectivity index (χ0) is 18.2. The number of ether oxygens (including phenoxy) is 1. The largest absolute Gasteiger partial charge is 0.378 e. The van der Waals surface area contributed by atoms with E-state index in [-0.39, 0.29) is 0 Å². The molecule has 0 bridgehead atoms. The summed E-state index contributed by atoms with van der Waals surface area (Å²) in [5, 5.41) is 0.709.